The normalized spacial score (nSPS) is 24.8. The van der Waals surface area contributed by atoms with Gasteiger partial charge in [0.05, 0.1) is 4.90 Å². The van der Waals surface area contributed by atoms with Gasteiger partial charge in [-0.05, 0) is 36.0 Å². The Morgan fingerprint density at radius 2 is 2.09 bits per heavy atom. The van der Waals surface area contributed by atoms with Crippen LogP contribution >= 0.6 is 0 Å². The van der Waals surface area contributed by atoms with Gasteiger partial charge in [0.15, 0.2) is 0 Å². The van der Waals surface area contributed by atoms with Crippen LogP contribution < -0.4 is 11.1 Å². The van der Waals surface area contributed by atoms with Crippen LogP contribution in [0.1, 0.15) is 36.2 Å². The first kappa shape index (κ1) is 16.4. The van der Waals surface area contributed by atoms with Gasteiger partial charge >= 0.3 is 0 Å². The molecule has 2 aliphatic heterocycles. The Morgan fingerprint density at radius 3 is 2.78 bits per heavy atom. The molecule has 1 saturated heterocycles. The van der Waals surface area contributed by atoms with E-state index in [0.717, 1.165) is 12.0 Å². The van der Waals surface area contributed by atoms with Crippen LogP contribution in [0, 0.1) is 5.41 Å². The molecule has 3 N–H and O–H groups in total. The van der Waals surface area contributed by atoms with Crippen molar-refractivity contribution in [3.05, 3.63) is 29.3 Å². The van der Waals surface area contributed by atoms with E-state index in [2.05, 4.69) is 5.32 Å². The van der Waals surface area contributed by atoms with E-state index in [0.29, 0.717) is 31.6 Å². The lowest BCUT2D eigenvalue weighted by atomic mass is 9.81. The minimum Gasteiger partial charge on any atom is -0.352 e. The summed E-state index contributed by atoms with van der Waals surface area (Å²) in [6, 6.07) is 4.85. The molecule has 0 saturated carbocycles. The second-order valence-electron chi connectivity index (χ2n) is 7.05. The molecule has 1 aromatic rings. The van der Waals surface area contributed by atoms with Crippen molar-refractivity contribution in [2.75, 3.05) is 19.6 Å². The molecule has 0 bridgehead atoms. The van der Waals surface area contributed by atoms with Crippen LogP contribution in [0.5, 0.6) is 0 Å². The third-order valence-electron chi connectivity index (χ3n) is 4.92. The highest BCUT2D eigenvalue weighted by Gasteiger charge is 2.39. The molecule has 126 valence electrons. The van der Waals surface area contributed by atoms with Crippen molar-refractivity contribution in [3.63, 3.8) is 0 Å². The molecule has 6 nitrogen and oxygen atoms in total. The minimum absolute atomic E-state index is 0.0109. The van der Waals surface area contributed by atoms with Crippen LogP contribution in [-0.2, 0) is 16.4 Å². The highest BCUT2D eigenvalue weighted by atomic mass is 32.2. The molecule has 1 fully saturated rings. The summed E-state index contributed by atoms with van der Waals surface area (Å²) in [6.07, 6.45) is 1.37. The molecule has 3 rings (SSSR count). The number of carbonyl (C=O) groups is 1. The van der Waals surface area contributed by atoms with Gasteiger partial charge in [-0.3, -0.25) is 4.79 Å². The number of hydrogen-bond acceptors (Lipinski definition) is 4. The van der Waals surface area contributed by atoms with Gasteiger partial charge in [0.2, 0.25) is 10.0 Å². The van der Waals surface area contributed by atoms with Crippen LogP contribution in [0.2, 0.25) is 0 Å². The predicted molar refractivity (Wildman–Crippen MR) is 87.6 cm³/mol. The molecular weight excluding hydrogens is 314 g/mol. The van der Waals surface area contributed by atoms with Crippen LogP contribution in [0.15, 0.2) is 23.1 Å². The SMILES string of the molecule is CC1(C)CN(S(=O)(=O)c2ccc3c(c2)C(=O)NCC3)CCC1N. The number of hydrogen-bond donors (Lipinski definition) is 2. The second-order valence-corrected chi connectivity index (χ2v) is 8.99. The van der Waals surface area contributed by atoms with E-state index >= 15 is 0 Å². The third-order valence-corrected chi connectivity index (χ3v) is 6.76. The summed E-state index contributed by atoms with van der Waals surface area (Å²) >= 11 is 0. The molecule has 1 aromatic carbocycles. The number of sulfonamides is 1. The van der Waals surface area contributed by atoms with Crippen molar-refractivity contribution >= 4 is 15.9 Å². The molecule has 23 heavy (non-hydrogen) atoms. The van der Waals surface area contributed by atoms with Crippen LogP contribution in [0.25, 0.3) is 0 Å². The van der Waals surface area contributed by atoms with E-state index in [1.807, 2.05) is 13.8 Å². The summed E-state index contributed by atoms with van der Waals surface area (Å²) in [4.78, 5) is 12.1. The van der Waals surface area contributed by atoms with Gasteiger partial charge in [-0.25, -0.2) is 8.42 Å². The number of fused-ring (bicyclic) bond motifs is 1. The molecule has 0 aliphatic carbocycles. The highest BCUT2D eigenvalue weighted by molar-refractivity contribution is 7.89. The van der Waals surface area contributed by atoms with Gasteiger partial charge in [0.25, 0.3) is 5.91 Å². The molecule has 2 aliphatic rings. The first-order valence-corrected chi connectivity index (χ1v) is 9.33. The summed E-state index contributed by atoms with van der Waals surface area (Å²) in [5.41, 5.74) is 7.18. The third kappa shape index (κ3) is 2.88. The molecule has 1 unspecified atom stereocenters. The monoisotopic (exact) mass is 337 g/mol. The average molecular weight is 337 g/mol. The van der Waals surface area contributed by atoms with E-state index in [9.17, 15) is 13.2 Å². The number of piperidine rings is 1. The number of nitrogens with zero attached hydrogens (tertiary/aromatic N) is 1. The van der Waals surface area contributed by atoms with Gasteiger partial charge in [-0.1, -0.05) is 19.9 Å². The Bertz CT molecular complexity index is 743. The zero-order chi connectivity index (χ0) is 16.8. The zero-order valence-corrected chi connectivity index (χ0v) is 14.3. The Labute approximate surface area is 137 Å². The molecule has 2 heterocycles. The predicted octanol–water partition coefficient (Wildman–Crippen LogP) is 0.720. The fraction of sp³-hybridized carbons (Fsp3) is 0.562. The Morgan fingerprint density at radius 1 is 1.35 bits per heavy atom. The van der Waals surface area contributed by atoms with E-state index in [1.54, 1.807) is 12.1 Å². The Hall–Kier alpha value is -1.44. The quantitative estimate of drug-likeness (QED) is 0.832. The van der Waals surface area contributed by atoms with Gasteiger partial charge in [0, 0.05) is 31.2 Å². The molecule has 0 aromatic heterocycles. The van der Waals surface area contributed by atoms with E-state index in [1.165, 1.54) is 10.4 Å². The minimum atomic E-state index is -3.62. The number of amides is 1. The van der Waals surface area contributed by atoms with Crippen molar-refractivity contribution in [1.82, 2.24) is 9.62 Å². The summed E-state index contributed by atoms with van der Waals surface area (Å²) in [7, 11) is -3.62. The molecule has 0 spiro atoms. The maximum Gasteiger partial charge on any atom is 0.251 e. The maximum absolute atomic E-state index is 12.9. The lowest BCUT2D eigenvalue weighted by Gasteiger charge is -2.41. The lowest BCUT2D eigenvalue weighted by Crippen LogP contribution is -2.53. The van der Waals surface area contributed by atoms with Crippen molar-refractivity contribution in [2.45, 2.75) is 37.6 Å². The van der Waals surface area contributed by atoms with Crippen molar-refractivity contribution in [2.24, 2.45) is 11.1 Å². The molecular formula is C16H23N3O3S. The van der Waals surface area contributed by atoms with Crippen molar-refractivity contribution in [3.8, 4) is 0 Å². The van der Waals surface area contributed by atoms with E-state index < -0.39 is 10.0 Å². The topological polar surface area (TPSA) is 92.5 Å². The Balaban J connectivity index is 1.94. The lowest BCUT2D eigenvalue weighted by molar-refractivity contribution is 0.0945. The van der Waals surface area contributed by atoms with Crippen molar-refractivity contribution < 1.29 is 13.2 Å². The summed E-state index contributed by atoms with van der Waals surface area (Å²) in [5.74, 6) is -0.204. The zero-order valence-electron chi connectivity index (χ0n) is 13.5. The molecule has 1 atom stereocenters. The number of benzene rings is 1. The number of rotatable bonds is 2. The van der Waals surface area contributed by atoms with Crippen LogP contribution in [-0.4, -0.2) is 44.3 Å². The van der Waals surface area contributed by atoms with Crippen LogP contribution in [0.4, 0.5) is 0 Å². The fourth-order valence-electron chi connectivity index (χ4n) is 3.23. The molecule has 7 heteroatoms. The molecule has 0 radical (unpaired) electrons. The summed E-state index contributed by atoms with van der Waals surface area (Å²) < 4.78 is 27.3. The summed E-state index contributed by atoms with van der Waals surface area (Å²) in [5, 5.41) is 2.75. The number of nitrogens with one attached hydrogen (secondary N) is 1. The first-order chi connectivity index (χ1) is 10.7. The average Bonchev–Trinajstić information content (AvgIpc) is 2.50. The maximum atomic E-state index is 12.9. The largest absolute Gasteiger partial charge is 0.352 e. The standard InChI is InChI=1S/C16H23N3O3S/c1-16(2)10-19(8-6-14(16)17)23(21,22)12-4-3-11-5-7-18-15(20)13(11)9-12/h3-4,9,14H,5-8,10,17H2,1-2H3,(H,18,20). The van der Waals surface area contributed by atoms with Crippen molar-refractivity contribution in [1.29, 1.82) is 0 Å². The van der Waals surface area contributed by atoms with Gasteiger partial charge < -0.3 is 11.1 Å². The van der Waals surface area contributed by atoms with Gasteiger partial charge in [-0.15, -0.1) is 0 Å². The number of nitrogens with two attached hydrogens (primary N) is 1. The number of carbonyl (C=O) groups excluding carboxylic acids is 1. The van der Waals surface area contributed by atoms with E-state index in [-0.39, 0.29) is 22.3 Å². The summed E-state index contributed by atoms with van der Waals surface area (Å²) in [6.45, 7) is 5.37. The second kappa shape index (κ2) is 5.58. The fourth-order valence-corrected chi connectivity index (χ4v) is 4.88. The molecule has 1 amide bonds. The highest BCUT2D eigenvalue weighted by Crippen LogP contribution is 2.31. The van der Waals surface area contributed by atoms with Crippen LogP contribution in [0.3, 0.4) is 0 Å². The Kier molecular flexibility index (Phi) is 3.98. The first-order valence-electron chi connectivity index (χ1n) is 7.89. The smallest absolute Gasteiger partial charge is 0.251 e. The van der Waals surface area contributed by atoms with E-state index in [4.69, 9.17) is 5.73 Å². The van der Waals surface area contributed by atoms with Gasteiger partial charge in [-0.2, -0.15) is 4.31 Å². The van der Waals surface area contributed by atoms with Gasteiger partial charge in [0.1, 0.15) is 0 Å².